The minimum absolute atomic E-state index is 0.116. The Morgan fingerprint density at radius 1 is 1.15 bits per heavy atom. The van der Waals surface area contributed by atoms with Crippen LogP contribution in [0.2, 0.25) is 5.02 Å². The zero-order chi connectivity index (χ0) is 14.9. The summed E-state index contributed by atoms with van der Waals surface area (Å²) in [7, 11) is 3.67. The van der Waals surface area contributed by atoms with E-state index >= 15 is 0 Å². The van der Waals surface area contributed by atoms with Gasteiger partial charge in [0.25, 0.3) is 0 Å². The van der Waals surface area contributed by atoms with E-state index in [2.05, 4.69) is 36.7 Å². The first-order valence-corrected chi connectivity index (χ1v) is 7.81. The minimum Gasteiger partial charge on any atom is -0.496 e. The van der Waals surface area contributed by atoms with Crippen molar-refractivity contribution >= 4 is 22.9 Å². The zero-order valence-corrected chi connectivity index (χ0v) is 14.1. The first-order valence-electron chi connectivity index (χ1n) is 6.55. The van der Waals surface area contributed by atoms with Crippen molar-refractivity contribution in [2.24, 2.45) is 0 Å². The average molecular weight is 310 g/mol. The van der Waals surface area contributed by atoms with E-state index in [4.69, 9.17) is 16.3 Å². The second kappa shape index (κ2) is 6.17. The predicted molar refractivity (Wildman–Crippen MR) is 87.4 cm³/mol. The number of halogens is 1. The predicted octanol–water partition coefficient (Wildman–Crippen LogP) is 4.64. The Balaban J connectivity index is 2.52. The van der Waals surface area contributed by atoms with E-state index in [1.807, 2.05) is 14.0 Å². The number of thiophene rings is 1. The van der Waals surface area contributed by atoms with Crippen LogP contribution in [0.15, 0.2) is 17.5 Å². The van der Waals surface area contributed by atoms with E-state index in [-0.39, 0.29) is 6.04 Å². The van der Waals surface area contributed by atoms with Crippen LogP contribution in [0.3, 0.4) is 0 Å². The quantitative estimate of drug-likeness (QED) is 0.888. The van der Waals surface area contributed by atoms with Gasteiger partial charge in [-0.25, -0.2) is 0 Å². The summed E-state index contributed by atoms with van der Waals surface area (Å²) in [6, 6.07) is 4.38. The normalized spacial score (nSPS) is 12.5. The lowest BCUT2D eigenvalue weighted by Crippen LogP contribution is -2.18. The lowest BCUT2D eigenvalue weighted by atomic mass is 9.97. The third-order valence-electron chi connectivity index (χ3n) is 3.57. The molecule has 0 radical (unpaired) electrons. The molecule has 0 aliphatic rings. The molecule has 2 nitrogen and oxygen atoms in total. The van der Waals surface area contributed by atoms with Crippen LogP contribution in [-0.4, -0.2) is 14.2 Å². The van der Waals surface area contributed by atoms with Crippen molar-refractivity contribution in [3.8, 4) is 5.75 Å². The number of hydrogen-bond donors (Lipinski definition) is 1. The third-order valence-corrected chi connectivity index (χ3v) is 5.35. The van der Waals surface area contributed by atoms with Crippen LogP contribution in [0.5, 0.6) is 5.75 Å². The third kappa shape index (κ3) is 2.71. The minimum atomic E-state index is 0.116. The van der Waals surface area contributed by atoms with E-state index in [1.54, 1.807) is 18.4 Å². The molecule has 0 amide bonds. The molecule has 0 saturated carbocycles. The van der Waals surface area contributed by atoms with Crippen molar-refractivity contribution in [2.75, 3.05) is 14.2 Å². The van der Waals surface area contributed by atoms with Crippen LogP contribution in [0, 0.1) is 20.8 Å². The molecule has 0 saturated heterocycles. The molecular formula is C16H20ClNOS. The summed E-state index contributed by atoms with van der Waals surface area (Å²) in [6.07, 6.45) is 0. The SMILES string of the molecule is CNC(c1cc(C)c(OC)cc1C)c1scc(C)c1Cl. The molecule has 0 spiro atoms. The van der Waals surface area contributed by atoms with E-state index in [9.17, 15) is 0 Å². The Kier molecular flexibility index (Phi) is 4.74. The fourth-order valence-corrected chi connectivity index (χ4v) is 3.84. The van der Waals surface area contributed by atoms with Crippen LogP contribution >= 0.6 is 22.9 Å². The topological polar surface area (TPSA) is 21.3 Å². The van der Waals surface area contributed by atoms with Gasteiger partial charge in [-0.3, -0.25) is 0 Å². The molecule has 1 aromatic heterocycles. The van der Waals surface area contributed by atoms with Gasteiger partial charge >= 0.3 is 0 Å². The summed E-state index contributed by atoms with van der Waals surface area (Å²) in [5.41, 5.74) is 4.72. The van der Waals surface area contributed by atoms with Crippen molar-refractivity contribution in [2.45, 2.75) is 26.8 Å². The van der Waals surface area contributed by atoms with Gasteiger partial charge in [0.15, 0.2) is 0 Å². The molecule has 1 unspecified atom stereocenters. The van der Waals surface area contributed by atoms with Crippen molar-refractivity contribution in [3.05, 3.63) is 49.7 Å². The summed E-state index contributed by atoms with van der Waals surface area (Å²) in [5.74, 6) is 0.926. The van der Waals surface area contributed by atoms with E-state index in [0.717, 1.165) is 21.9 Å². The molecule has 20 heavy (non-hydrogen) atoms. The maximum Gasteiger partial charge on any atom is 0.122 e. The number of hydrogen-bond acceptors (Lipinski definition) is 3. The summed E-state index contributed by atoms with van der Waals surface area (Å²) >= 11 is 8.13. The van der Waals surface area contributed by atoms with Crippen molar-refractivity contribution < 1.29 is 4.74 Å². The van der Waals surface area contributed by atoms with Gasteiger partial charge in [-0.05, 0) is 61.5 Å². The summed E-state index contributed by atoms with van der Waals surface area (Å²) < 4.78 is 5.38. The first-order chi connectivity index (χ1) is 9.49. The van der Waals surface area contributed by atoms with Gasteiger partial charge in [0.05, 0.1) is 18.2 Å². The summed E-state index contributed by atoms with van der Waals surface area (Å²) in [6.45, 7) is 6.22. The highest BCUT2D eigenvalue weighted by Crippen LogP contribution is 2.38. The number of aryl methyl sites for hydroxylation is 3. The maximum atomic E-state index is 6.43. The smallest absolute Gasteiger partial charge is 0.122 e. The molecule has 1 N–H and O–H groups in total. The largest absolute Gasteiger partial charge is 0.496 e. The van der Waals surface area contributed by atoms with Crippen LogP contribution in [-0.2, 0) is 0 Å². The number of benzene rings is 1. The average Bonchev–Trinajstić information content (AvgIpc) is 2.75. The Morgan fingerprint density at radius 2 is 1.85 bits per heavy atom. The summed E-state index contributed by atoms with van der Waals surface area (Å²) in [4.78, 5) is 1.17. The van der Waals surface area contributed by atoms with Gasteiger partial charge in [-0.1, -0.05) is 17.7 Å². The number of ether oxygens (including phenoxy) is 1. The molecule has 1 heterocycles. The van der Waals surface area contributed by atoms with Gasteiger partial charge in [0.1, 0.15) is 5.75 Å². The Bertz CT molecular complexity index is 621. The van der Waals surface area contributed by atoms with Crippen LogP contribution < -0.4 is 10.1 Å². The Hall–Kier alpha value is -1.03. The maximum absolute atomic E-state index is 6.43. The lowest BCUT2D eigenvalue weighted by molar-refractivity contribution is 0.411. The molecule has 1 aromatic carbocycles. The number of rotatable bonds is 4. The monoisotopic (exact) mass is 309 g/mol. The molecule has 2 rings (SSSR count). The van der Waals surface area contributed by atoms with Gasteiger partial charge in [-0.15, -0.1) is 11.3 Å². The van der Waals surface area contributed by atoms with Gasteiger partial charge in [0, 0.05) is 4.88 Å². The molecule has 2 aromatic rings. The molecule has 1 atom stereocenters. The van der Waals surface area contributed by atoms with Crippen LogP contribution in [0.25, 0.3) is 0 Å². The molecule has 0 aliphatic carbocycles. The Labute approximate surface area is 129 Å². The lowest BCUT2D eigenvalue weighted by Gasteiger charge is -2.20. The van der Waals surface area contributed by atoms with Crippen LogP contribution in [0.4, 0.5) is 0 Å². The summed E-state index contributed by atoms with van der Waals surface area (Å²) in [5, 5.41) is 6.35. The van der Waals surface area contributed by atoms with Crippen molar-refractivity contribution in [3.63, 3.8) is 0 Å². The fraction of sp³-hybridized carbons (Fsp3) is 0.375. The fourth-order valence-electron chi connectivity index (χ4n) is 2.42. The van der Waals surface area contributed by atoms with Gasteiger partial charge in [0.2, 0.25) is 0 Å². The molecule has 0 aliphatic heterocycles. The second-order valence-electron chi connectivity index (χ2n) is 5.00. The number of methoxy groups -OCH3 is 1. The highest BCUT2D eigenvalue weighted by Gasteiger charge is 2.21. The zero-order valence-electron chi connectivity index (χ0n) is 12.5. The highest BCUT2D eigenvalue weighted by molar-refractivity contribution is 7.10. The molecule has 108 valence electrons. The first kappa shape index (κ1) is 15.4. The second-order valence-corrected chi connectivity index (χ2v) is 6.29. The highest BCUT2D eigenvalue weighted by atomic mass is 35.5. The number of nitrogens with one attached hydrogen (secondary N) is 1. The standard InChI is InChI=1S/C16H20ClNOS/c1-9-7-13(19-5)10(2)6-12(9)15(18-4)16-14(17)11(3)8-20-16/h6-8,15,18H,1-5H3. The molecule has 4 heteroatoms. The van der Waals surface area contributed by atoms with Crippen LogP contribution in [0.1, 0.15) is 33.2 Å². The van der Waals surface area contributed by atoms with E-state index in [0.29, 0.717) is 0 Å². The van der Waals surface area contributed by atoms with Crippen molar-refractivity contribution in [1.29, 1.82) is 0 Å². The van der Waals surface area contributed by atoms with Crippen molar-refractivity contribution in [1.82, 2.24) is 5.32 Å². The molecular weight excluding hydrogens is 290 g/mol. The van der Waals surface area contributed by atoms with E-state index in [1.165, 1.54) is 16.0 Å². The van der Waals surface area contributed by atoms with Gasteiger partial charge in [-0.2, -0.15) is 0 Å². The van der Waals surface area contributed by atoms with Gasteiger partial charge < -0.3 is 10.1 Å². The Morgan fingerprint density at radius 3 is 2.35 bits per heavy atom. The molecule has 0 bridgehead atoms. The molecule has 0 fully saturated rings. The van der Waals surface area contributed by atoms with E-state index < -0.39 is 0 Å².